The Morgan fingerprint density at radius 2 is 2.04 bits per heavy atom. The van der Waals surface area contributed by atoms with Gasteiger partial charge in [-0.25, -0.2) is 14.8 Å². The molecule has 2 fully saturated rings. The molecular formula is C20H33N5O. The summed E-state index contributed by atoms with van der Waals surface area (Å²) >= 11 is 0. The van der Waals surface area contributed by atoms with E-state index in [9.17, 15) is 4.79 Å². The quantitative estimate of drug-likeness (QED) is 0.898. The third kappa shape index (κ3) is 4.93. The van der Waals surface area contributed by atoms with Crippen molar-refractivity contribution in [2.45, 2.75) is 58.4 Å². The number of amides is 2. The third-order valence-electron chi connectivity index (χ3n) is 5.82. The average Bonchev–Trinajstić information content (AvgIpc) is 2.66. The van der Waals surface area contributed by atoms with Crippen LogP contribution in [0.25, 0.3) is 0 Å². The van der Waals surface area contributed by atoms with E-state index in [1.807, 2.05) is 24.1 Å². The van der Waals surface area contributed by atoms with E-state index in [0.29, 0.717) is 17.9 Å². The molecule has 1 atom stereocenters. The van der Waals surface area contributed by atoms with Crippen LogP contribution in [-0.2, 0) is 0 Å². The number of piperidine rings is 2. The highest BCUT2D eigenvalue weighted by Crippen LogP contribution is 2.26. The predicted octanol–water partition coefficient (Wildman–Crippen LogP) is 2.79. The highest BCUT2D eigenvalue weighted by molar-refractivity contribution is 5.74. The van der Waals surface area contributed by atoms with Crippen LogP contribution in [0.5, 0.6) is 0 Å². The van der Waals surface area contributed by atoms with E-state index in [-0.39, 0.29) is 6.03 Å². The van der Waals surface area contributed by atoms with Gasteiger partial charge in [-0.2, -0.15) is 0 Å². The minimum Gasteiger partial charge on any atom is -0.338 e. The van der Waals surface area contributed by atoms with Crippen LogP contribution < -0.4 is 5.32 Å². The summed E-state index contributed by atoms with van der Waals surface area (Å²) in [5, 5.41) is 3.18. The van der Waals surface area contributed by atoms with Crippen LogP contribution >= 0.6 is 0 Å². The van der Waals surface area contributed by atoms with Crippen molar-refractivity contribution in [1.29, 1.82) is 0 Å². The molecule has 2 saturated heterocycles. The Hall–Kier alpha value is -1.69. The molecule has 0 saturated carbocycles. The van der Waals surface area contributed by atoms with Crippen molar-refractivity contribution in [3.05, 3.63) is 23.8 Å². The fourth-order valence-electron chi connectivity index (χ4n) is 4.16. The van der Waals surface area contributed by atoms with Gasteiger partial charge in [0.15, 0.2) is 0 Å². The van der Waals surface area contributed by atoms with Crippen LogP contribution in [0.3, 0.4) is 0 Å². The van der Waals surface area contributed by atoms with Gasteiger partial charge in [0.1, 0.15) is 5.82 Å². The topological polar surface area (TPSA) is 61.4 Å². The van der Waals surface area contributed by atoms with E-state index in [0.717, 1.165) is 50.5 Å². The van der Waals surface area contributed by atoms with Crippen LogP contribution in [0.15, 0.2) is 12.3 Å². The molecule has 0 bridgehead atoms. The zero-order chi connectivity index (χ0) is 18.5. The molecule has 3 heterocycles. The van der Waals surface area contributed by atoms with Gasteiger partial charge in [0.05, 0.1) is 0 Å². The number of hydrogen-bond donors (Lipinski definition) is 1. The van der Waals surface area contributed by atoms with E-state index in [1.165, 1.54) is 19.4 Å². The first-order valence-corrected chi connectivity index (χ1v) is 10.1. The Morgan fingerprint density at radius 1 is 1.27 bits per heavy atom. The minimum atomic E-state index is 0.101. The second kappa shape index (κ2) is 8.80. The van der Waals surface area contributed by atoms with Gasteiger partial charge in [-0.1, -0.05) is 0 Å². The number of likely N-dealkylation sites (tertiary alicyclic amines) is 2. The van der Waals surface area contributed by atoms with E-state index in [2.05, 4.69) is 34.0 Å². The Bertz CT molecular complexity index is 598. The first-order chi connectivity index (χ1) is 12.5. The molecule has 3 rings (SSSR count). The van der Waals surface area contributed by atoms with Crippen LogP contribution in [-0.4, -0.2) is 64.6 Å². The van der Waals surface area contributed by atoms with Gasteiger partial charge in [-0.3, -0.25) is 0 Å². The lowest BCUT2D eigenvalue weighted by molar-refractivity contribution is 0.135. The summed E-state index contributed by atoms with van der Waals surface area (Å²) in [6.07, 6.45) is 6.26. The molecule has 0 spiro atoms. The molecule has 1 aromatic heterocycles. The molecule has 0 unspecified atom stereocenters. The van der Waals surface area contributed by atoms with Crippen molar-refractivity contribution in [3.63, 3.8) is 0 Å². The summed E-state index contributed by atoms with van der Waals surface area (Å²) in [7, 11) is 0. The second-order valence-corrected chi connectivity index (χ2v) is 8.07. The van der Waals surface area contributed by atoms with Crippen molar-refractivity contribution < 1.29 is 4.79 Å². The summed E-state index contributed by atoms with van der Waals surface area (Å²) in [5.41, 5.74) is 1.12. The minimum absolute atomic E-state index is 0.101. The van der Waals surface area contributed by atoms with Crippen molar-refractivity contribution in [2.24, 2.45) is 5.92 Å². The molecule has 2 amide bonds. The van der Waals surface area contributed by atoms with Crippen molar-refractivity contribution >= 4 is 6.03 Å². The van der Waals surface area contributed by atoms with Gasteiger partial charge in [-0.05, 0) is 65.0 Å². The van der Waals surface area contributed by atoms with Gasteiger partial charge < -0.3 is 15.1 Å². The van der Waals surface area contributed by atoms with Gasteiger partial charge >= 0.3 is 6.03 Å². The standard InChI is InChI=1S/C20H33N5O/c1-15(2)25-10-4-5-17(14-25)13-22-20(26)24-11-7-18(8-12-24)19-6-9-21-16(3)23-19/h6,9,15,17-18H,4-5,7-8,10-14H2,1-3H3,(H,22,26)/t17-/m0/s1. The van der Waals surface area contributed by atoms with E-state index in [4.69, 9.17) is 0 Å². The lowest BCUT2D eigenvalue weighted by atomic mass is 9.93. The molecular weight excluding hydrogens is 326 g/mol. The van der Waals surface area contributed by atoms with Gasteiger partial charge in [0, 0.05) is 50.0 Å². The van der Waals surface area contributed by atoms with Gasteiger partial charge in [0.25, 0.3) is 0 Å². The summed E-state index contributed by atoms with van der Waals surface area (Å²) in [4.78, 5) is 25.7. The Morgan fingerprint density at radius 3 is 2.73 bits per heavy atom. The van der Waals surface area contributed by atoms with E-state index in [1.54, 1.807) is 0 Å². The molecule has 0 aromatic carbocycles. The summed E-state index contributed by atoms with van der Waals surface area (Å²) in [6, 6.07) is 2.71. The second-order valence-electron chi connectivity index (χ2n) is 8.07. The molecule has 1 aromatic rings. The molecule has 6 heteroatoms. The molecule has 6 nitrogen and oxygen atoms in total. The number of aryl methyl sites for hydroxylation is 1. The largest absolute Gasteiger partial charge is 0.338 e. The van der Waals surface area contributed by atoms with E-state index >= 15 is 0 Å². The molecule has 1 N–H and O–H groups in total. The number of nitrogens with one attached hydrogen (secondary N) is 1. The fourth-order valence-corrected chi connectivity index (χ4v) is 4.16. The predicted molar refractivity (Wildman–Crippen MR) is 103 cm³/mol. The summed E-state index contributed by atoms with van der Waals surface area (Å²) in [5.74, 6) is 1.85. The Labute approximate surface area is 157 Å². The highest BCUT2D eigenvalue weighted by Gasteiger charge is 2.26. The molecule has 26 heavy (non-hydrogen) atoms. The number of carbonyl (C=O) groups is 1. The number of aromatic nitrogens is 2. The zero-order valence-electron chi connectivity index (χ0n) is 16.4. The third-order valence-corrected chi connectivity index (χ3v) is 5.82. The maximum Gasteiger partial charge on any atom is 0.317 e. The van der Waals surface area contributed by atoms with Crippen LogP contribution in [0.2, 0.25) is 0 Å². The van der Waals surface area contributed by atoms with Crippen molar-refractivity contribution in [3.8, 4) is 0 Å². The maximum absolute atomic E-state index is 12.5. The number of carbonyl (C=O) groups excluding carboxylic acids is 1. The fraction of sp³-hybridized carbons (Fsp3) is 0.750. The van der Waals surface area contributed by atoms with Crippen LogP contribution in [0.1, 0.15) is 57.0 Å². The maximum atomic E-state index is 12.5. The number of hydrogen-bond acceptors (Lipinski definition) is 4. The smallest absolute Gasteiger partial charge is 0.317 e. The first-order valence-electron chi connectivity index (χ1n) is 10.1. The Kier molecular flexibility index (Phi) is 6.46. The molecule has 0 aliphatic carbocycles. The van der Waals surface area contributed by atoms with Crippen molar-refractivity contribution in [1.82, 2.24) is 25.1 Å². The molecule has 0 radical (unpaired) electrons. The summed E-state index contributed by atoms with van der Waals surface area (Å²) in [6.45, 7) is 11.1. The molecule has 144 valence electrons. The zero-order valence-corrected chi connectivity index (χ0v) is 16.4. The monoisotopic (exact) mass is 359 g/mol. The molecule has 2 aliphatic rings. The SMILES string of the molecule is Cc1nccc(C2CCN(C(=O)NC[C@@H]3CCCN(C(C)C)C3)CC2)n1. The summed E-state index contributed by atoms with van der Waals surface area (Å²) < 4.78 is 0. The van der Waals surface area contributed by atoms with Gasteiger partial charge in [-0.15, -0.1) is 0 Å². The number of urea groups is 1. The van der Waals surface area contributed by atoms with Crippen LogP contribution in [0, 0.1) is 12.8 Å². The lowest BCUT2D eigenvalue weighted by Gasteiger charge is -2.36. The van der Waals surface area contributed by atoms with Gasteiger partial charge in [0.2, 0.25) is 0 Å². The van der Waals surface area contributed by atoms with Crippen LogP contribution in [0.4, 0.5) is 4.79 Å². The Balaban J connectivity index is 1.42. The highest BCUT2D eigenvalue weighted by atomic mass is 16.2. The van der Waals surface area contributed by atoms with Crippen molar-refractivity contribution in [2.75, 3.05) is 32.7 Å². The van der Waals surface area contributed by atoms with E-state index < -0.39 is 0 Å². The normalized spacial score (nSPS) is 22.6. The number of nitrogens with zero attached hydrogens (tertiary/aromatic N) is 4. The first kappa shape index (κ1) is 19.1. The molecule has 2 aliphatic heterocycles. The number of rotatable bonds is 4. The lowest BCUT2D eigenvalue weighted by Crippen LogP contribution is -2.48. The average molecular weight is 360 g/mol.